The smallest absolute Gasteiger partial charge is 0.0879 e. The van der Waals surface area contributed by atoms with E-state index in [2.05, 4.69) is 33.5 Å². The average Bonchev–Trinajstić information content (AvgIpc) is 1.84. The van der Waals surface area contributed by atoms with Crippen molar-refractivity contribution in [2.75, 3.05) is 0 Å². The number of hydrogen-bond donors (Lipinski definition) is 2. The lowest BCUT2D eigenvalue weighted by Gasteiger charge is -2.08. The minimum absolute atomic E-state index is 1.24. The molecule has 0 aliphatic carbocycles. The van der Waals surface area contributed by atoms with Crippen LogP contribution in [0, 0.1) is 0 Å². The predicted molar refractivity (Wildman–Crippen MR) is 42.5 cm³/mol. The van der Waals surface area contributed by atoms with Crippen molar-refractivity contribution in [1.29, 1.82) is 0 Å². The van der Waals surface area contributed by atoms with E-state index in [1.165, 1.54) is 0 Å². The van der Waals surface area contributed by atoms with Gasteiger partial charge < -0.3 is 0 Å². The number of thiol groups is 2. The number of nitrogens with zero attached hydrogens (tertiary/aromatic N) is 2. The fourth-order valence-corrected chi connectivity index (χ4v) is 1.17. The van der Waals surface area contributed by atoms with E-state index in [-0.39, 0.29) is 0 Å². The summed E-state index contributed by atoms with van der Waals surface area (Å²) in [6.07, 6.45) is 0. The summed E-state index contributed by atoms with van der Waals surface area (Å²) >= 11 is 8.20. The molecule has 0 N–H and O–H groups in total. The van der Waals surface area contributed by atoms with E-state index in [4.69, 9.17) is 0 Å². The minimum atomic E-state index is -1.24. The first-order valence-electron chi connectivity index (χ1n) is 1.55. The van der Waals surface area contributed by atoms with Crippen LogP contribution in [0.25, 0.3) is 0 Å². The van der Waals surface area contributed by atoms with Gasteiger partial charge in [0.1, 0.15) is 0 Å². The molecule has 1 aliphatic heterocycles. The van der Waals surface area contributed by atoms with Crippen molar-refractivity contribution in [3.8, 4) is 0 Å². The Bertz CT molecular complexity index is 113. The van der Waals surface area contributed by atoms with Crippen molar-refractivity contribution in [2.24, 2.45) is 10.2 Å². The molecule has 0 spiro atoms. The van der Waals surface area contributed by atoms with Crippen LogP contribution in [0.4, 0.5) is 0 Å². The molecule has 0 amide bonds. The maximum absolute atomic E-state index is 4.10. The third-order valence-electron chi connectivity index (χ3n) is 0.471. The van der Waals surface area contributed by atoms with Crippen LogP contribution >= 0.6 is 31.4 Å². The van der Waals surface area contributed by atoms with E-state index in [1.54, 1.807) is 11.1 Å². The van der Waals surface area contributed by atoms with Gasteiger partial charge in [0, 0.05) is 0 Å². The molecule has 40 valence electrons. The minimum Gasteiger partial charge on any atom is -0.151 e. The summed E-state index contributed by atoms with van der Waals surface area (Å²) in [5.41, 5.74) is 3.28. The fourth-order valence-electron chi connectivity index (χ4n) is 0.220. The Labute approximate surface area is 53.0 Å². The SMILES string of the molecule is SS1(S)C=NN=C1. The van der Waals surface area contributed by atoms with Crippen LogP contribution in [0.2, 0.25) is 0 Å². The monoisotopic (exact) mass is 152 g/mol. The Balaban J connectivity index is 2.77. The van der Waals surface area contributed by atoms with E-state index in [9.17, 15) is 0 Å². The molecule has 1 aliphatic rings. The van der Waals surface area contributed by atoms with Crippen molar-refractivity contribution < 1.29 is 0 Å². The van der Waals surface area contributed by atoms with Gasteiger partial charge in [0.25, 0.3) is 0 Å². The molecular formula is C2H4N2S3. The Kier molecular flexibility index (Phi) is 1.36. The highest BCUT2D eigenvalue weighted by atomic mass is 33.5. The maximum Gasteiger partial charge on any atom is 0.0879 e. The van der Waals surface area contributed by atoms with Gasteiger partial charge in [0.15, 0.2) is 0 Å². The van der Waals surface area contributed by atoms with Gasteiger partial charge >= 0.3 is 0 Å². The summed E-state index contributed by atoms with van der Waals surface area (Å²) in [7, 11) is -1.24. The second kappa shape index (κ2) is 1.72. The van der Waals surface area contributed by atoms with Crippen molar-refractivity contribution >= 4 is 42.5 Å². The molecule has 1 heterocycles. The van der Waals surface area contributed by atoms with Crippen LogP contribution in [0.3, 0.4) is 0 Å². The van der Waals surface area contributed by atoms with Crippen LogP contribution in [0.5, 0.6) is 0 Å². The second-order valence-corrected chi connectivity index (χ2v) is 7.27. The Morgan fingerprint density at radius 2 is 1.57 bits per heavy atom. The van der Waals surface area contributed by atoms with E-state index < -0.39 is 8.09 Å². The summed E-state index contributed by atoms with van der Waals surface area (Å²) in [4.78, 5) is 0. The van der Waals surface area contributed by atoms with Gasteiger partial charge in [-0.1, -0.05) is 8.09 Å². The summed E-state index contributed by atoms with van der Waals surface area (Å²) in [5, 5.41) is 7.13. The highest BCUT2D eigenvalue weighted by molar-refractivity contribution is 9.27. The maximum atomic E-state index is 4.10. The summed E-state index contributed by atoms with van der Waals surface area (Å²) in [6, 6.07) is 0. The first-order valence-corrected chi connectivity index (χ1v) is 5.42. The van der Waals surface area contributed by atoms with E-state index in [1.807, 2.05) is 0 Å². The molecule has 1 rings (SSSR count). The van der Waals surface area contributed by atoms with Gasteiger partial charge in [-0.05, 0) is 0 Å². The molecule has 0 bridgehead atoms. The zero-order valence-electron chi connectivity index (χ0n) is 3.35. The normalized spacial score (nSPS) is 28.3. The lowest BCUT2D eigenvalue weighted by Crippen LogP contribution is -1.74. The molecule has 0 saturated carbocycles. The van der Waals surface area contributed by atoms with Gasteiger partial charge in [-0.15, -0.1) is 23.3 Å². The molecule has 0 aromatic heterocycles. The third-order valence-corrected chi connectivity index (χ3v) is 2.41. The zero-order chi connectivity index (χ0) is 5.33. The third kappa shape index (κ3) is 1.40. The van der Waals surface area contributed by atoms with Gasteiger partial charge in [0.2, 0.25) is 0 Å². The first-order chi connectivity index (χ1) is 3.21. The van der Waals surface area contributed by atoms with E-state index >= 15 is 0 Å². The number of rotatable bonds is 0. The van der Waals surface area contributed by atoms with Crippen LogP contribution in [-0.4, -0.2) is 11.1 Å². The Hall–Kier alpha value is 0.390. The van der Waals surface area contributed by atoms with Gasteiger partial charge in [-0.3, -0.25) is 0 Å². The molecular weight excluding hydrogens is 148 g/mol. The Morgan fingerprint density at radius 3 is 1.71 bits per heavy atom. The first kappa shape index (κ1) is 5.53. The molecule has 0 radical (unpaired) electrons. The highest BCUT2D eigenvalue weighted by Crippen LogP contribution is 2.53. The molecule has 0 atom stereocenters. The topological polar surface area (TPSA) is 24.7 Å². The van der Waals surface area contributed by atoms with E-state index in [0.717, 1.165) is 0 Å². The number of hydrogen-bond acceptors (Lipinski definition) is 4. The van der Waals surface area contributed by atoms with Crippen LogP contribution in [-0.2, 0) is 0 Å². The molecule has 7 heavy (non-hydrogen) atoms. The van der Waals surface area contributed by atoms with Crippen LogP contribution in [0.15, 0.2) is 10.2 Å². The summed E-state index contributed by atoms with van der Waals surface area (Å²) in [5.74, 6) is 0. The molecule has 0 unspecified atom stereocenters. The quantitative estimate of drug-likeness (QED) is 0.388. The lowest BCUT2D eigenvalue weighted by atomic mass is 11.6. The summed E-state index contributed by atoms with van der Waals surface area (Å²) in [6.45, 7) is 0. The summed E-state index contributed by atoms with van der Waals surface area (Å²) < 4.78 is 0. The van der Waals surface area contributed by atoms with Crippen LogP contribution in [0.1, 0.15) is 0 Å². The van der Waals surface area contributed by atoms with Crippen molar-refractivity contribution in [3.05, 3.63) is 0 Å². The fraction of sp³-hybridized carbons (Fsp3) is 0. The average molecular weight is 152 g/mol. The van der Waals surface area contributed by atoms with Crippen molar-refractivity contribution in [3.63, 3.8) is 0 Å². The van der Waals surface area contributed by atoms with Crippen molar-refractivity contribution in [1.82, 2.24) is 0 Å². The molecule has 0 fully saturated rings. The molecule has 2 nitrogen and oxygen atoms in total. The van der Waals surface area contributed by atoms with Gasteiger partial charge in [-0.2, -0.15) is 10.2 Å². The van der Waals surface area contributed by atoms with Gasteiger partial charge in [-0.25, -0.2) is 0 Å². The van der Waals surface area contributed by atoms with Crippen LogP contribution < -0.4 is 0 Å². The second-order valence-electron chi connectivity index (χ2n) is 1.08. The highest BCUT2D eigenvalue weighted by Gasteiger charge is 2.09. The largest absolute Gasteiger partial charge is 0.151 e. The van der Waals surface area contributed by atoms with Gasteiger partial charge in [0.05, 0.1) is 11.1 Å². The molecule has 0 saturated heterocycles. The standard InChI is InChI=1S/C2H4N2S3/c5-7(6)1-3-4-2-7/h1-2,5-6H. The van der Waals surface area contributed by atoms with E-state index in [0.29, 0.717) is 0 Å². The molecule has 0 aromatic rings. The predicted octanol–water partition coefficient (Wildman–Crippen LogP) is 1.47. The molecule has 0 aromatic carbocycles. The lowest BCUT2D eigenvalue weighted by molar-refractivity contribution is 1.29. The molecule has 5 heteroatoms. The van der Waals surface area contributed by atoms with Crippen molar-refractivity contribution in [2.45, 2.75) is 0 Å². The Morgan fingerprint density at radius 1 is 1.14 bits per heavy atom. The zero-order valence-corrected chi connectivity index (χ0v) is 5.96.